The van der Waals surface area contributed by atoms with Gasteiger partial charge >= 0.3 is 0 Å². The zero-order chi connectivity index (χ0) is 17.2. The molecular formula is C18H22N2O3S. The van der Waals surface area contributed by atoms with Gasteiger partial charge in [0.25, 0.3) is 5.91 Å². The fourth-order valence-corrected chi connectivity index (χ4v) is 3.37. The molecule has 0 aliphatic rings. The van der Waals surface area contributed by atoms with Crippen molar-refractivity contribution in [2.45, 2.75) is 32.1 Å². The highest BCUT2D eigenvalue weighted by Gasteiger charge is 2.09. The molecule has 128 valence electrons. The zero-order valence-electron chi connectivity index (χ0n) is 13.5. The fraction of sp³-hybridized carbons (Fsp3) is 0.389. The maximum Gasteiger partial charge on any atom is 0.261 e. The van der Waals surface area contributed by atoms with Gasteiger partial charge < -0.3 is 15.4 Å². The Morgan fingerprint density at radius 2 is 1.83 bits per heavy atom. The van der Waals surface area contributed by atoms with Crippen molar-refractivity contribution in [1.82, 2.24) is 10.6 Å². The number of carbonyl (C=O) groups excluding carboxylic acids is 3. The van der Waals surface area contributed by atoms with Crippen LogP contribution in [0.4, 0.5) is 0 Å². The van der Waals surface area contributed by atoms with Gasteiger partial charge in [0.05, 0.1) is 11.4 Å². The van der Waals surface area contributed by atoms with Crippen LogP contribution in [0.1, 0.15) is 41.8 Å². The van der Waals surface area contributed by atoms with Crippen molar-refractivity contribution in [3.63, 3.8) is 0 Å². The van der Waals surface area contributed by atoms with Crippen LogP contribution < -0.4 is 10.6 Å². The molecule has 0 unspecified atom stereocenters. The molecule has 2 amide bonds. The van der Waals surface area contributed by atoms with Crippen molar-refractivity contribution in [2.24, 2.45) is 0 Å². The molecule has 1 aromatic carbocycles. The lowest BCUT2D eigenvalue weighted by Gasteiger charge is -2.04. The van der Waals surface area contributed by atoms with Gasteiger partial charge in [-0.1, -0.05) is 31.0 Å². The van der Waals surface area contributed by atoms with Crippen molar-refractivity contribution >= 4 is 39.5 Å². The third kappa shape index (κ3) is 5.77. The summed E-state index contributed by atoms with van der Waals surface area (Å²) in [7, 11) is 0. The Labute approximate surface area is 145 Å². The van der Waals surface area contributed by atoms with Gasteiger partial charge in [-0.25, -0.2) is 0 Å². The highest BCUT2D eigenvalue weighted by atomic mass is 32.1. The van der Waals surface area contributed by atoms with Gasteiger partial charge in [0.1, 0.15) is 6.29 Å². The maximum absolute atomic E-state index is 12.1. The lowest BCUT2D eigenvalue weighted by molar-refractivity contribution is -0.122. The first-order valence-electron chi connectivity index (χ1n) is 8.18. The smallest absolute Gasteiger partial charge is 0.261 e. The third-order valence-electron chi connectivity index (χ3n) is 3.65. The predicted molar refractivity (Wildman–Crippen MR) is 96.3 cm³/mol. The molecule has 2 aromatic rings. The van der Waals surface area contributed by atoms with Crippen molar-refractivity contribution in [3.05, 3.63) is 35.2 Å². The van der Waals surface area contributed by atoms with E-state index < -0.39 is 0 Å². The fourth-order valence-electron chi connectivity index (χ4n) is 2.39. The monoisotopic (exact) mass is 346 g/mol. The molecule has 2 N–H and O–H groups in total. The Kier molecular flexibility index (Phi) is 7.42. The average Bonchev–Trinajstić information content (AvgIpc) is 3.03. The second kappa shape index (κ2) is 9.82. The molecule has 0 spiro atoms. The third-order valence-corrected chi connectivity index (χ3v) is 4.76. The van der Waals surface area contributed by atoms with E-state index >= 15 is 0 Å². The summed E-state index contributed by atoms with van der Waals surface area (Å²) in [5, 5.41) is 6.55. The minimum atomic E-state index is -0.0832. The van der Waals surface area contributed by atoms with Crippen LogP contribution in [0.5, 0.6) is 0 Å². The first kappa shape index (κ1) is 18.1. The number of hydrogen-bond acceptors (Lipinski definition) is 4. The molecule has 0 aliphatic carbocycles. The van der Waals surface area contributed by atoms with Crippen molar-refractivity contribution in [1.29, 1.82) is 0 Å². The largest absolute Gasteiger partial charge is 0.351 e. The molecular weight excluding hydrogens is 324 g/mol. The normalized spacial score (nSPS) is 10.5. The lowest BCUT2D eigenvalue weighted by atomic mass is 10.1. The first-order valence-corrected chi connectivity index (χ1v) is 8.99. The zero-order valence-corrected chi connectivity index (χ0v) is 14.4. The van der Waals surface area contributed by atoms with Crippen LogP contribution in [0.2, 0.25) is 0 Å². The quantitative estimate of drug-likeness (QED) is 0.513. The van der Waals surface area contributed by atoms with Gasteiger partial charge in [-0.2, -0.15) is 0 Å². The van der Waals surface area contributed by atoms with Gasteiger partial charge in [-0.15, -0.1) is 11.3 Å². The van der Waals surface area contributed by atoms with Crippen molar-refractivity contribution < 1.29 is 14.4 Å². The summed E-state index contributed by atoms with van der Waals surface area (Å²) in [6, 6.07) is 9.89. The van der Waals surface area contributed by atoms with E-state index in [4.69, 9.17) is 0 Å². The highest BCUT2D eigenvalue weighted by Crippen LogP contribution is 2.24. The maximum atomic E-state index is 12.1. The van der Waals surface area contributed by atoms with Gasteiger partial charge in [0.15, 0.2) is 0 Å². The molecule has 2 rings (SSSR count). The predicted octanol–water partition coefficient (Wildman–Crippen LogP) is 2.90. The van der Waals surface area contributed by atoms with E-state index in [0.29, 0.717) is 19.3 Å². The SMILES string of the molecule is O=CCNC(=O)CCCCCCNC(=O)c1cc2ccccc2s1. The number of rotatable bonds is 10. The molecule has 0 aliphatic heterocycles. The number of benzene rings is 1. The van der Waals surface area contributed by atoms with Gasteiger partial charge in [-0.3, -0.25) is 9.59 Å². The Balaban J connectivity index is 1.58. The van der Waals surface area contributed by atoms with Crippen LogP contribution in [0.25, 0.3) is 10.1 Å². The van der Waals surface area contributed by atoms with E-state index in [1.807, 2.05) is 30.3 Å². The molecule has 1 aromatic heterocycles. The van der Waals surface area contributed by atoms with Gasteiger partial charge in [-0.05, 0) is 30.4 Å². The van der Waals surface area contributed by atoms with Crippen LogP contribution in [0, 0.1) is 0 Å². The summed E-state index contributed by atoms with van der Waals surface area (Å²) in [5.41, 5.74) is 0. The standard InChI is InChI=1S/C18H22N2O3S/c21-12-11-19-17(22)9-3-1-2-6-10-20-18(23)16-13-14-7-4-5-8-15(14)24-16/h4-5,7-8,12-13H,1-3,6,9-11H2,(H,19,22)(H,20,23). The Morgan fingerprint density at radius 1 is 1.04 bits per heavy atom. The number of amides is 2. The molecule has 0 saturated heterocycles. The first-order chi connectivity index (χ1) is 11.7. The van der Waals surface area contributed by atoms with Gasteiger partial charge in [0.2, 0.25) is 5.91 Å². The molecule has 5 nitrogen and oxygen atoms in total. The summed E-state index contributed by atoms with van der Waals surface area (Å²) in [4.78, 5) is 34.3. The van der Waals surface area contributed by atoms with E-state index in [1.54, 1.807) is 0 Å². The number of unbranched alkanes of at least 4 members (excludes halogenated alkanes) is 3. The number of fused-ring (bicyclic) bond motifs is 1. The average molecular weight is 346 g/mol. The van der Waals surface area contributed by atoms with Crippen molar-refractivity contribution in [2.75, 3.05) is 13.1 Å². The summed E-state index contributed by atoms with van der Waals surface area (Å²) in [5.74, 6) is -0.107. The number of aldehydes is 1. The van der Waals surface area contributed by atoms with Crippen molar-refractivity contribution in [3.8, 4) is 0 Å². The topological polar surface area (TPSA) is 75.3 Å². The number of hydrogen-bond donors (Lipinski definition) is 2. The van der Waals surface area contributed by atoms with E-state index in [1.165, 1.54) is 11.3 Å². The molecule has 0 saturated carbocycles. The summed E-state index contributed by atoms with van der Waals surface area (Å²) in [6.45, 7) is 0.729. The minimum Gasteiger partial charge on any atom is -0.351 e. The Bertz CT molecular complexity index is 663. The number of carbonyl (C=O) groups is 3. The summed E-state index contributed by atoms with van der Waals surface area (Å²) >= 11 is 1.51. The summed E-state index contributed by atoms with van der Waals surface area (Å²) in [6.07, 6.45) is 4.72. The Hall–Kier alpha value is -2.21. The molecule has 1 heterocycles. The number of thiophene rings is 1. The molecule has 24 heavy (non-hydrogen) atoms. The van der Waals surface area contributed by atoms with E-state index in [9.17, 15) is 14.4 Å². The van der Waals surface area contributed by atoms with E-state index in [2.05, 4.69) is 10.6 Å². The molecule has 0 radical (unpaired) electrons. The second-order valence-corrected chi connectivity index (χ2v) is 6.62. The van der Waals surface area contributed by atoms with E-state index in [-0.39, 0.29) is 18.4 Å². The molecule has 6 heteroatoms. The minimum absolute atomic E-state index is 0.0237. The van der Waals surface area contributed by atoms with Crippen LogP contribution in [-0.2, 0) is 9.59 Å². The highest BCUT2D eigenvalue weighted by molar-refractivity contribution is 7.20. The van der Waals surface area contributed by atoms with Crippen LogP contribution >= 0.6 is 11.3 Å². The molecule has 0 bridgehead atoms. The summed E-state index contributed by atoms with van der Waals surface area (Å²) < 4.78 is 1.12. The molecule has 0 fully saturated rings. The number of nitrogens with one attached hydrogen (secondary N) is 2. The van der Waals surface area contributed by atoms with Crippen LogP contribution in [-0.4, -0.2) is 31.2 Å². The lowest BCUT2D eigenvalue weighted by Crippen LogP contribution is -2.24. The van der Waals surface area contributed by atoms with Crippen LogP contribution in [0.15, 0.2) is 30.3 Å². The van der Waals surface area contributed by atoms with Crippen LogP contribution in [0.3, 0.4) is 0 Å². The van der Waals surface area contributed by atoms with Gasteiger partial charge in [0, 0.05) is 17.7 Å². The second-order valence-electron chi connectivity index (χ2n) is 5.54. The van der Waals surface area contributed by atoms with E-state index in [0.717, 1.165) is 40.6 Å². The molecule has 0 atom stereocenters. The Morgan fingerprint density at radius 3 is 2.62 bits per heavy atom.